The van der Waals surface area contributed by atoms with Crippen LogP contribution in [-0.4, -0.2) is 12.1 Å². The number of rotatable bonds is 3. The number of aromatic nitrogens is 1. The summed E-state index contributed by atoms with van der Waals surface area (Å²) in [6.45, 7) is 0. The van der Waals surface area contributed by atoms with Gasteiger partial charge in [0.05, 0.1) is 12.1 Å². The van der Waals surface area contributed by atoms with Crippen LogP contribution in [0, 0.1) is 0 Å². The highest BCUT2D eigenvalue weighted by molar-refractivity contribution is 9.10. The second kappa shape index (κ2) is 5.38. The summed E-state index contributed by atoms with van der Waals surface area (Å²) in [6, 6.07) is 9.27. The predicted octanol–water partition coefficient (Wildman–Crippen LogP) is 4.25. The number of anilines is 2. The van der Waals surface area contributed by atoms with E-state index in [1.807, 2.05) is 24.3 Å². The van der Waals surface area contributed by atoms with Gasteiger partial charge in [-0.15, -0.1) is 0 Å². The molecule has 1 heterocycles. The summed E-state index contributed by atoms with van der Waals surface area (Å²) in [5, 5.41) is 3.75. The SMILES string of the molecule is COc1cc(Nc2ccc(Br)cn2)ccc1Cl. The first kappa shape index (κ1) is 12.2. The van der Waals surface area contributed by atoms with E-state index < -0.39 is 0 Å². The molecule has 0 fully saturated rings. The van der Waals surface area contributed by atoms with Gasteiger partial charge in [-0.05, 0) is 40.2 Å². The van der Waals surface area contributed by atoms with Crippen LogP contribution in [0.3, 0.4) is 0 Å². The molecule has 88 valence electrons. The highest BCUT2D eigenvalue weighted by Crippen LogP contribution is 2.28. The fourth-order valence-corrected chi connectivity index (χ4v) is 1.76. The molecule has 0 bridgehead atoms. The van der Waals surface area contributed by atoms with Crippen LogP contribution in [-0.2, 0) is 0 Å². The molecule has 0 saturated heterocycles. The third-order valence-electron chi connectivity index (χ3n) is 2.15. The quantitative estimate of drug-likeness (QED) is 0.920. The molecule has 2 rings (SSSR count). The lowest BCUT2D eigenvalue weighted by Gasteiger charge is -2.08. The normalized spacial score (nSPS) is 10.1. The lowest BCUT2D eigenvalue weighted by molar-refractivity contribution is 0.415. The second-order valence-corrected chi connectivity index (χ2v) is 4.66. The van der Waals surface area contributed by atoms with Crippen LogP contribution in [0.25, 0.3) is 0 Å². The van der Waals surface area contributed by atoms with Crippen LogP contribution >= 0.6 is 27.5 Å². The zero-order valence-corrected chi connectivity index (χ0v) is 11.4. The Hall–Kier alpha value is -1.26. The molecule has 3 nitrogen and oxygen atoms in total. The van der Waals surface area contributed by atoms with E-state index in [2.05, 4.69) is 26.2 Å². The molecule has 5 heteroatoms. The van der Waals surface area contributed by atoms with E-state index in [1.54, 1.807) is 19.4 Å². The molecule has 0 spiro atoms. The summed E-state index contributed by atoms with van der Waals surface area (Å²) >= 11 is 9.28. The average Bonchev–Trinajstić information content (AvgIpc) is 2.34. The standard InChI is InChI=1S/C12H10BrClN2O/c1-17-11-6-9(3-4-10(11)14)16-12-5-2-8(13)7-15-12/h2-7H,1H3,(H,15,16). The van der Waals surface area contributed by atoms with Crippen LogP contribution in [0.15, 0.2) is 41.0 Å². The van der Waals surface area contributed by atoms with Crippen molar-refractivity contribution in [3.63, 3.8) is 0 Å². The van der Waals surface area contributed by atoms with Gasteiger partial charge in [0.15, 0.2) is 0 Å². The monoisotopic (exact) mass is 312 g/mol. The highest BCUT2D eigenvalue weighted by Gasteiger charge is 2.02. The van der Waals surface area contributed by atoms with Gasteiger partial charge in [0.25, 0.3) is 0 Å². The summed E-state index contributed by atoms with van der Waals surface area (Å²) in [4.78, 5) is 4.22. The Bertz CT molecular complexity index is 516. The number of halogens is 2. The van der Waals surface area contributed by atoms with E-state index in [-0.39, 0.29) is 0 Å². The van der Waals surface area contributed by atoms with Crippen molar-refractivity contribution in [1.82, 2.24) is 4.98 Å². The molecule has 17 heavy (non-hydrogen) atoms. The molecule has 2 aromatic rings. The van der Waals surface area contributed by atoms with Gasteiger partial charge < -0.3 is 10.1 Å². The van der Waals surface area contributed by atoms with Crippen molar-refractivity contribution >= 4 is 39.0 Å². The number of nitrogens with one attached hydrogen (secondary N) is 1. The number of ether oxygens (including phenoxy) is 1. The van der Waals surface area contributed by atoms with E-state index in [4.69, 9.17) is 16.3 Å². The number of methoxy groups -OCH3 is 1. The largest absolute Gasteiger partial charge is 0.495 e. The van der Waals surface area contributed by atoms with Gasteiger partial charge >= 0.3 is 0 Å². The minimum absolute atomic E-state index is 0.585. The van der Waals surface area contributed by atoms with Gasteiger partial charge in [-0.1, -0.05) is 11.6 Å². The van der Waals surface area contributed by atoms with Gasteiger partial charge in [0.2, 0.25) is 0 Å². The maximum Gasteiger partial charge on any atom is 0.139 e. The van der Waals surface area contributed by atoms with Crippen molar-refractivity contribution in [1.29, 1.82) is 0 Å². The molecule has 0 atom stereocenters. The molecule has 0 amide bonds. The summed E-state index contributed by atoms with van der Waals surface area (Å²) < 4.78 is 6.08. The zero-order valence-electron chi connectivity index (χ0n) is 9.08. The molecule has 1 N–H and O–H groups in total. The van der Waals surface area contributed by atoms with Gasteiger partial charge in [-0.3, -0.25) is 0 Å². The first-order valence-electron chi connectivity index (χ1n) is 4.91. The maximum atomic E-state index is 5.95. The van der Waals surface area contributed by atoms with Crippen molar-refractivity contribution in [2.45, 2.75) is 0 Å². The summed E-state index contributed by atoms with van der Waals surface area (Å²) in [5.41, 5.74) is 0.876. The molecule has 1 aromatic carbocycles. The molecule has 1 aromatic heterocycles. The maximum absolute atomic E-state index is 5.95. The van der Waals surface area contributed by atoms with Crippen molar-refractivity contribution in [2.24, 2.45) is 0 Å². The van der Waals surface area contributed by atoms with E-state index in [9.17, 15) is 0 Å². The van der Waals surface area contributed by atoms with E-state index in [0.717, 1.165) is 16.0 Å². The van der Waals surface area contributed by atoms with Crippen molar-refractivity contribution < 1.29 is 4.74 Å². The van der Waals surface area contributed by atoms with Crippen LogP contribution in [0.5, 0.6) is 5.75 Å². The summed E-state index contributed by atoms with van der Waals surface area (Å²) in [5.74, 6) is 1.39. The third-order valence-corrected chi connectivity index (χ3v) is 2.93. The first-order valence-corrected chi connectivity index (χ1v) is 6.08. The predicted molar refractivity (Wildman–Crippen MR) is 73.2 cm³/mol. The van der Waals surface area contributed by atoms with Gasteiger partial charge in [-0.2, -0.15) is 0 Å². The van der Waals surface area contributed by atoms with Crippen LogP contribution in [0.4, 0.5) is 11.5 Å². The number of pyridine rings is 1. The fourth-order valence-electron chi connectivity index (χ4n) is 1.34. The first-order chi connectivity index (χ1) is 8.19. The average molecular weight is 314 g/mol. The Morgan fingerprint density at radius 1 is 1.29 bits per heavy atom. The smallest absolute Gasteiger partial charge is 0.139 e. The molecular formula is C12H10BrClN2O. The Labute approximate surface area is 113 Å². The van der Waals surface area contributed by atoms with Crippen molar-refractivity contribution in [3.05, 3.63) is 46.0 Å². The molecule has 0 saturated carbocycles. The third kappa shape index (κ3) is 3.11. The van der Waals surface area contributed by atoms with Crippen molar-refractivity contribution in [2.75, 3.05) is 12.4 Å². The molecular weight excluding hydrogens is 304 g/mol. The van der Waals surface area contributed by atoms with Gasteiger partial charge in [0, 0.05) is 22.4 Å². The molecule has 0 aliphatic heterocycles. The Kier molecular flexibility index (Phi) is 3.86. The number of nitrogens with zero attached hydrogens (tertiary/aromatic N) is 1. The highest BCUT2D eigenvalue weighted by atomic mass is 79.9. The number of hydrogen-bond donors (Lipinski definition) is 1. The fraction of sp³-hybridized carbons (Fsp3) is 0.0833. The lowest BCUT2D eigenvalue weighted by atomic mass is 10.3. The van der Waals surface area contributed by atoms with Crippen LogP contribution in [0.1, 0.15) is 0 Å². The minimum atomic E-state index is 0.585. The van der Waals surface area contributed by atoms with Crippen LogP contribution in [0.2, 0.25) is 5.02 Å². The Morgan fingerprint density at radius 3 is 2.76 bits per heavy atom. The summed E-state index contributed by atoms with van der Waals surface area (Å²) in [7, 11) is 1.59. The second-order valence-electron chi connectivity index (χ2n) is 3.34. The number of benzene rings is 1. The minimum Gasteiger partial charge on any atom is -0.495 e. The van der Waals surface area contributed by atoms with Crippen molar-refractivity contribution in [3.8, 4) is 5.75 Å². The van der Waals surface area contributed by atoms with E-state index >= 15 is 0 Å². The molecule has 0 aliphatic rings. The topological polar surface area (TPSA) is 34.1 Å². The summed E-state index contributed by atoms with van der Waals surface area (Å²) in [6.07, 6.45) is 1.73. The molecule has 0 unspecified atom stereocenters. The van der Waals surface area contributed by atoms with Crippen LogP contribution < -0.4 is 10.1 Å². The van der Waals surface area contributed by atoms with E-state index in [1.165, 1.54) is 0 Å². The number of hydrogen-bond acceptors (Lipinski definition) is 3. The Balaban J connectivity index is 2.21. The zero-order chi connectivity index (χ0) is 12.3. The lowest BCUT2D eigenvalue weighted by Crippen LogP contribution is -1.94. The van der Waals surface area contributed by atoms with Gasteiger partial charge in [0.1, 0.15) is 11.6 Å². The van der Waals surface area contributed by atoms with Gasteiger partial charge in [-0.25, -0.2) is 4.98 Å². The molecule has 0 aliphatic carbocycles. The Morgan fingerprint density at radius 2 is 2.12 bits per heavy atom. The van der Waals surface area contributed by atoms with E-state index in [0.29, 0.717) is 10.8 Å². The molecule has 0 radical (unpaired) electrons.